The van der Waals surface area contributed by atoms with E-state index in [0.717, 1.165) is 26.3 Å². The van der Waals surface area contributed by atoms with E-state index in [1.54, 1.807) is 11.8 Å². The van der Waals surface area contributed by atoms with Crippen LogP contribution in [0.2, 0.25) is 0 Å². The van der Waals surface area contributed by atoms with E-state index < -0.39 is 0 Å². The van der Waals surface area contributed by atoms with Crippen LogP contribution in [0.15, 0.2) is 27.4 Å². The zero-order valence-corrected chi connectivity index (χ0v) is 10.2. The van der Waals surface area contributed by atoms with Gasteiger partial charge in [0.05, 0.1) is 0 Å². The number of anilines is 1. The van der Waals surface area contributed by atoms with Gasteiger partial charge in [-0.25, -0.2) is 4.98 Å². The summed E-state index contributed by atoms with van der Waals surface area (Å²) in [4.78, 5) is 5.45. The smallest absolute Gasteiger partial charge is 0.174 e. The van der Waals surface area contributed by atoms with Gasteiger partial charge < -0.3 is 5.73 Å². The Hall–Kier alpha value is -1.07. The average Bonchev–Trinajstić information content (AvgIpc) is 2.58. The Morgan fingerprint density at radius 3 is 2.73 bits per heavy atom. The number of nitrogens with zero attached hydrogens (tertiary/aromatic N) is 2. The van der Waals surface area contributed by atoms with Gasteiger partial charge in [0.2, 0.25) is 0 Å². The van der Waals surface area contributed by atoms with Gasteiger partial charge >= 0.3 is 0 Å². The van der Waals surface area contributed by atoms with Crippen LogP contribution in [0, 0.1) is 13.8 Å². The third kappa shape index (κ3) is 2.49. The summed E-state index contributed by atoms with van der Waals surface area (Å²) in [6.07, 6.45) is 0. The zero-order valence-electron chi connectivity index (χ0n) is 8.52. The van der Waals surface area contributed by atoms with Crippen LogP contribution in [-0.4, -0.2) is 9.36 Å². The van der Waals surface area contributed by atoms with Gasteiger partial charge in [0.25, 0.3) is 0 Å². The number of nitrogen functional groups attached to an aromatic ring is 1. The summed E-state index contributed by atoms with van der Waals surface area (Å²) in [5.74, 6) is 0.828. The molecule has 15 heavy (non-hydrogen) atoms. The molecule has 0 bridgehead atoms. The molecule has 3 nitrogen and oxygen atoms in total. The lowest BCUT2D eigenvalue weighted by molar-refractivity contribution is 1.10. The van der Waals surface area contributed by atoms with Gasteiger partial charge in [-0.05, 0) is 49.1 Å². The van der Waals surface area contributed by atoms with Crippen molar-refractivity contribution >= 4 is 29.0 Å². The Labute approximate surface area is 96.9 Å². The number of aromatic nitrogens is 2. The molecule has 0 atom stereocenters. The normalized spacial score (nSPS) is 10.5. The van der Waals surface area contributed by atoms with Gasteiger partial charge in [-0.1, -0.05) is 11.8 Å². The molecule has 2 rings (SSSR count). The molecule has 0 aliphatic rings. The molecular weight excluding hydrogens is 226 g/mol. The predicted molar refractivity (Wildman–Crippen MR) is 64.4 cm³/mol. The van der Waals surface area contributed by atoms with Gasteiger partial charge in [-0.3, -0.25) is 0 Å². The summed E-state index contributed by atoms with van der Waals surface area (Å²) in [7, 11) is 0. The van der Waals surface area contributed by atoms with Gasteiger partial charge in [0.15, 0.2) is 4.34 Å². The Bertz CT molecular complexity index is 479. The molecule has 0 amide bonds. The number of benzene rings is 1. The van der Waals surface area contributed by atoms with Crippen molar-refractivity contribution in [1.29, 1.82) is 0 Å². The van der Waals surface area contributed by atoms with Crippen molar-refractivity contribution in [3.8, 4) is 0 Å². The third-order valence-corrected chi connectivity index (χ3v) is 3.79. The first-order chi connectivity index (χ1) is 7.15. The van der Waals surface area contributed by atoms with E-state index in [1.807, 2.05) is 26.0 Å². The zero-order chi connectivity index (χ0) is 10.8. The molecular formula is C10H11N3S2. The minimum Gasteiger partial charge on any atom is -0.399 e. The van der Waals surface area contributed by atoms with E-state index in [2.05, 4.69) is 15.4 Å². The molecule has 1 aromatic heterocycles. The van der Waals surface area contributed by atoms with Gasteiger partial charge in [0.1, 0.15) is 5.82 Å². The lowest BCUT2D eigenvalue weighted by atomic mass is 10.2. The Kier molecular flexibility index (Phi) is 2.93. The first kappa shape index (κ1) is 10.4. The Morgan fingerprint density at radius 2 is 2.13 bits per heavy atom. The number of rotatable bonds is 2. The fourth-order valence-corrected chi connectivity index (χ4v) is 2.86. The molecule has 0 aliphatic carbocycles. The van der Waals surface area contributed by atoms with Crippen LogP contribution < -0.4 is 5.73 Å². The van der Waals surface area contributed by atoms with Crippen molar-refractivity contribution < 1.29 is 0 Å². The largest absolute Gasteiger partial charge is 0.399 e. The maximum atomic E-state index is 5.75. The summed E-state index contributed by atoms with van der Waals surface area (Å²) in [6.45, 7) is 3.90. The molecule has 1 aromatic carbocycles. The molecule has 0 aliphatic heterocycles. The molecule has 0 radical (unpaired) electrons. The number of aryl methyl sites for hydroxylation is 2. The summed E-state index contributed by atoms with van der Waals surface area (Å²) in [5.41, 5.74) is 7.68. The monoisotopic (exact) mass is 237 g/mol. The minimum atomic E-state index is 0.827. The minimum absolute atomic E-state index is 0.827. The summed E-state index contributed by atoms with van der Waals surface area (Å²) in [6, 6.07) is 5.99. The van der Waals surface area contributed by atoms with Gasteiger partial charge in [-0.2, -0.15) is 4.37 Å². The van der Waals surface area contributed by atoms with E-state index in [0.29, 0.717) is 0 Å². The topological polar surface area (TPSA) is 51.8 Å². The average molecular weight is 237 g/mol. The SMILES string of the molecule is Cc1nsc(Sc2ccc(N)c(C)c2)n1. The summed E-state index contributed by atoms with van der Waals surface area (Å²) < 4.78 is 5.11. The number of hydrogen-bond acceptors (Lipinski definition) is 5. The molecule has 0 unspecified atom stereocenters. The van der Waals surface area contributed by atoms with Crippen molar-refractivity contribution in [3.05, 3.63) is 29.6 Å². The highest BCUT2D eigenvalue weighted by Gasteiger charge is 2.03. The molecule has 0 spiro atoms. The van der Waals surface area contributed by atoms with Crippen LogP contribution in [0.5, 0.6) is 0 Å². The molecule has 0 fully saturated rings. The first-order valence-electron chi connectivity index (χ1n) is 4.49. The second kappa shape index (κ2) is 4.20. The highest BCUT2D eigenvalue weighted by Crippen LogP contribution is 2.30. The summed E-state index contributed by atoms with van der Waals surface area (Å²) in [5, 5.41) is 0. The van der Waals surface area contributed by atoms with Crippen molar-refractivity contribution in [2.45, 2.75) is 23.1 Å². The van der Waals surface area contributed by atoms with E-state index in [1.165, 1.54) is 11.5 Å². The lowest BCUT2D eigenvalue weighted by Gasteiger charge is -2.02. The van der Waals surface area contributed by atoms with Crippen molar-refractivity contribution in [1.82, 2.24) is 9.36 Å². The standard InChI is InChI=1S/C10H11N3S2/c1-6-5-8(3-4-9(6)11)14-10-12-7(2)13-15-10/h3-5H,11H2,1-2H3. The molecule has 2 aromatic rings. The Morgan fingerprint density at radius 1 is 1.33 bits per heavy atom. The van der Waals surface area contributed by atoms with Crippen LogP contribution in [0.1, 0.15) is 11.4 Å². The van der Waals surface area contributed by atoms with Crippen LogP contribution in [0.4, 0.5) is 5.69 Å². The van der Waals surface area contributed by atoms with Crippen molar-refractivity contribution in [2.75, 3.05) is 5.73 Å². The Balaban J connectivity index is 2.21. The van der Waals surface area contributed by atoms with E-state index in [4.69, 9.17) is 5.73 Å². The quantitative estimate of drug-likeness (QED) is 0.816. The number of hydrogen-bond donors (Lipinski definition) is 1. The van der Waals surface area contributed by atoms with Crippen LogP contribution in [0.3, 0.4) is 0 Å². The molecule has 1 heterocycles. The predicted octanol–water partition coefficient (Wildman–Crippen LogP) is 2.89. The van der Waals surface area contributed by atoms with Gasteiger partial charge in [0, 0.05) is 10.6 Å². The molecule has 0 saturated heterocycles. The fourth-order valence-electron chi connectivity index (χ4n) is 1.13. The highest BCUT2D eigenvalue weighted by molar-refractivity contribution is 8.01. The first-order valence-corrected chi connectivity index (χ1v) is 6.08. The van der Waals surface area contributed by atoms with Gasteiger partial charge in [-0.15, -0.1) is 0 Å². The fraction of sp³-hybridized carbons (Fsp3) is 0.200. The maximum absolute atomic E-state index is 5.75. The van der Waals surface area contributed by atoms with Crippen LogP contribution in [0.25, 0.3) is 0 Å². The molecule has 78 valence electrons. The second-order valence-corrected chi connectivity index (χ2v) is 5.30. The van der Waals surface area contributed by atoms with Crippen LogP contribution >= 0.6 is 23.3 Å². The van der Waals surface area contributed by atoms with Crippen LogP contribution in [-0.2, 0) is 0 Å². The lowest BCUT2D eigenvalue weighted by Crippen LogP contribution is -1.88. The second-order valence-electron chi connectivity index (χ2n) is 3.23. The molecule has 2 N–H and O–H groups in total. The molecule has 5 heteroatoms. The van der Waals surface area contributed by atoms with E-state index in [9.17, 15) is 0 Å². The van der Waals surface area contributed by atoms with Crippen molar-refractivity contribution in [3.63, 3.8) is 0 Å². The molecule has 0 saturated carbocycles. The van der Waals surface area contributed by atoms with E-state index in [-0.39, 0.29) is 0 Å². The summed E-state index contributed by atoms with van der Waals surface area (Å²) >= 11 is 3.05. The van der Waals surface area contributed by atoms with Crippen molar-refractivity contribution in [2.24, 2.45) is 0 Å². The van der Waals surface area contributed by atoms with E-state index >= 15 is 0 Å². The third-order valence-electron chi connectivity index (χ3n) is 1.96. The maximum Gasteiger partial charge on any atom is 0.174 e. The number of nitrogens with two attached hydrogens (primary N) is 1. The highest BCUT2D eigenvalue weighted by atomic mass is 32.2.